The average molecular weight is 433 g/mol. The molecule has 3 heterocycles. The van der Waals surface area contributed by atoms with Gasteiger partial charge in [0.1, 0.15) is 0 Å². The average Bonchev–Trinajstić information content (AvgIpc) is 2.96. The van der Waals surface area contributed by atoms with Crippen molar-refractivity contribution in [2.75, 3.05) is 18.4 Å². The maximum Gasteiger partial charge on any atom is 0.321 e. The predicted molar refractivity (Wildman–Crippen MR) is 122 cm³/mol. The summed E-state index contributed by atoms with van der Waals surface area (Å²) in [7, 11) is 0. The number of hydrogen-bond donors (Lipinski definition) is 1. The number of carbonyl (C=O) groups excluding carboxylic acids is 1. The number of fused-ring (bicyclic) bond motifs is 2. The van der Waals surface area contributed by atoms with Crippen LogP contribution in [-0.2, 0) is 12.8 Å². The maximum absolute atomic E-state index is 12.7. The van der Waals surface area contributed by atoms with E-state index in [9.17, 15) is 4.79 Å². The van der Waals surface area contributed by atoms with E-state index in [0.717, 1.165) is 49.5 Å². The highest BCUT2D eigenvalue weighted by atomic mass is 35.5. The molecule has 31 heavy (non-hydrogen) atoms. The number of hydrogen-bond acceptors (Lipinski definition) is 3. The Balaban J connectivity index is 1.37. The zero-order valence-corrected chi connectivity index (χ0v) is 18.1. The number of likely N-dealkylation sites (tertiary alicyclic amines) is 1. The maximum atomic E-state index is 12.7. The van der Waals surface area contributed by atoms with Crippen LogP contribution in [0.1, 0.15) is 41.1 Å². The third kappa shape index (κ3) is 4.15. The van der Waals surface area contributed by atoms with Crippen molar-refractivity contribution in [3.05, 3.63) is 88.5 Å². The minimum Gasteiger partial charge on any atom is -0.325 e. The number of halogens is 1. The summed E-state index contributed by atoms with van der Waals surface area (Å²) < 4.78 is 0. The molecule has 2 aromatic heterocycles. The van der Waals surface area contributed by atoms with Gasteiger partial charge in [-0.2, -0.15) is 0 Å². The summed E-state index contributed by atoms with van der Waals surface area (Å²) in [5, 5.41) is 3.74. The Kier molecular flexibility index (Phi) is 5.60. The number of pyridine rings is 2. The van der Waals surface area contributed by atoms with E-state index in [-0.39, 0.29) is 11.9 Å². The molecule has 0 bridgehead atoms. The van der Waals surface area contributed by atoms with Crippen LogP contribution in [0.5, 0.6) is 0 Å². The molecule has 0 saturated carbocycles. The van der Waals surface area contributed by atoms with E-state index in [1.807, 2.05) is 35.4 Å². The highest BCUT2D eigenvalue weighted by Crippen LogP contribution is 2.42. The Hall–Kier alpha value is -2.92. The Morgan fingerprint density at radius 3 is 2.65 bits per heavy atom. The number of aryl methyl sites for hydroxylation is 2. The summed E-state index contributed by atoms with van der Waals surface area (Å²) >= 11 is 6.32. The zero-order chi connectivity index (χ0) is 21.2. The van der Waals surface area contributed by atoms with Crippen molar-refractivity contribution in [3.63, 3.8) is 0 Å². The molecule has 5 nitrogen and oxygen atoms in total. The van der Waals surface area contributed by atoms with E-state index in [1.54, 1.807) is 12.4 Å². The molecule has 3 aromatic rings. The number of nitrogens with one attached hydrogen (secondary N) is 1. The number of benzene rings is 1. The molecule has 158 valence electrons. The van der Waals surface area contributed by atoms with Crippen molar-refractivity contribution in [3.8, 4) is 0 Å². The fraction of sp³-hybridized carbons (Fsp3) is 0.320. The molecule has 1 aromatic carbocycles. The summed E-state index contributed by atoms with van der Waals surface area (Å²) in [5.74, 6) is 0.684. The van der Waals surface area contributed by atoms with Crippen LogP contribution in [0.15, 0.2) is 61.1 Å². The molecular weight excluding hydrogens is 408 g/mol. The minimum absolute atomic E-state index is 0.0574. The Labute approximate surface area is 187 Å². The van der Waals surface area contributed by atoms with Gasteiger partial charge in [-0.15, -0.1) is 0 Å². The summed E-state index contributed by atoms with van der Waals surface area (Å²) in [6, 6.07) is 14.2. The molecule has 2 amide bonds. The lowest BCUT2D eigenvalue weighted by Crippen LogP contribution is -2.42. The monoisotopic (exact) mass is 432 g/mol. The van der Waals surface area contributed by atoms with Gasteiger partial charge in [0.25, 0.3) is 0 Å². The van der Waals surface area contributed by atoms with Crippen LogP contribution in [0.3, 0.4) is 0 Å². The number of anilines is 1. The van der Waals surface area contributed by atoms with E-state index in [2.05, 4.69) is 28.5 Å². The van der Waals surface area contributed by atoms with Gasteiger partial charge in [0.05, 0.1) is 17.6 Å². The molecule has 5 rings (SSSR count). The van der Waals surface area contributed by atoms with E-state index >= 15 is 0 Å². The van der Waals surface area contributed by atoms with E-state index in [4.69, 9.17) is 16.6 Å². The van der Waals surface area contributed by atoms with Gasteiger partial charge in [-0.25, -0.2) is 4.79 Å². The molecule has 0 radical (unpaired) electrons. The highest BCUT2D eigenvalue weighted by molar-refractivity contribution is 6.30. The van der Waals surface area contributed by atoms with Gasteiger partial charge in [0.15, 0.2) is 0 Å². The Bertz CT molecular complexity index is 1080. The second kappa shape index (κ2) is 8.67. The van der Waals surface area contributed by atoms with Crippen molar-refractivity contribution >= 4 is 23.3 Å². The van der Waals surface area contributed by atoms with Gasteiger partial charge in [-0.05, 0) is 78.6 Å². The summed E-state index contributed by atoms with van der Waals surface area (Å²) in [6.45, 7) is 1.47. The molecule has 1 saturated heterocycles. The highest BCUT2D eigenvalue weighted by Gasteiger charge is 2.34. The number of piperidine rings is 1. The van der Waals surface area contributed by atoms with Crippen molar-refractivity contribution in [1.29, 1.82) is 0 Å². The second-order valence-corrected chi connectivity index (χ2v) is 8.80. The number of aromatic nitrogens is 2. The van der Waals surface area contributed by atoms with Gasteiger partial charge in [-0.1, -0.05) is 23.7 Å². The second-order valence-electron chi connectivity index (χ2n) is 8.36. The Morgan fingerprint density at radius 1 is 1.03 bits per heavy atom. The topological polar surface area (TPSA) is 58.1 Å². The van der Waals surface area contributed by atoms with Crippen LogP contribution >= 0.6 is 11.6 Å². The first-order chi connectivity index (χ1) is 15.2. The van der Waals surface area contributed by atoms with Gasteiger partial charge >= 0.3 is 6.03 Å². The lowest BCUT2D eigenvalue weighted by molar-refractivity contribution is 0.177. The fourth-order valence-electron chi connectivity index (χ4n) is 5.01. The van der Waals surface area contributed by atoms with Gasteiger partial charge in [0, 0.05) is 36.4 Å². The normalized spacial score (nSPS) is 18.6. The van der Waals surface area contributed by atoms with Gasteiger partial charge in [-0.3, -0.25) is 9.97 Å². The van der Waals surface area contributed by atoms with E-state index < -0.39 is 0 Å². The molecular formula is C25H25ClN4O. The lowest BCUT2D eigenvalue weighted by Gasteiger charge is -2.36. The van der Waals surface area contributed by atoms with Crippen molar-refractivity contribution in [2.24, 2.45) is 5.92 Å². The molecule has 1 unspecified atom stereocenters. The molecule has 1 aliphatic carbocycles. The summed E-state index contributed by atoms with van der Waals surface area (Å²) in [5.41, 5.74) is 5.92. The third-order valence-electron chi connectivity index (χ3n) is 6.54. The number of carbonyl (C=O) groups is 1. The first kappa shape index (κ1) is 20.0. The van der Waals surface area contributed by atoms with Crippen LogP contribution in [0.25, 0.3) is 0 Å². The third-order valence-corrected chi connectivity index (χ3v) is 6.77. The van der Waals surface area contributed by atoms with Crippen molar-refractivity contribution in [1.82, 2.24) is 14.9 Å². The smallest absolute Gasteiger partial charge is 0.321 e. The number of amides is 2. The standard InChI is InChI=1S/C25H25ClN4O/c26-20-7-8-22-19(15-20)6-5-18-3-1-12-28-24(18)23(22)17-9-13-30(14-10-17)25(31)29-21-4-2-11-27-16-21/h1-4,7-8,11-12,15-17,23H,5-6,9-10,13-14H2,(H,29,31). The number of nitrogens with zero attached hydrogens (tertiary/aromatic N) is 3. The van der Waals surface area contributed by atoms with Gasteiger partial charge < -0.3 is 10.2 Å². The lowest BCUT2D eigenvalue weighted by atomic mass is 9.76. The molecule has 1 atom stereocenters. The van der Waals surface area contributed by atoms with Crippen molar-refractivity contribution in [2.45, 2.75) is 31.6 Å². The van der Waals surface area contributed by atoms with Crippen LogP contribution in [0.2, 0.25) is 5.02 Å². The SMILES string of the molecule is O=C(Nc1cccnc1)N1CCC(C2c3ccc(Cl)cc3CCc3cccnc32)CC1. The quantitative estimate of drug-likeness (QED) is 0.597. The molecule has 0 spiro atoms. The van der Waals surface area contributed by atoms with Crippen LogP contribution in [-0.4, -0.2) is 34.0 Å². The first-order valence-corrected chi connectivity index (χ1v) is 11.2. The molecule has 1 N–H and O–H groups in total. The number of urea groups is 1. The van der Waals surface area contributed by atoms with Crippen LogP contribution < -0.4 is 5.32 Å². The zero-order valence-electron chi connectivity index (χ0n) is 17.3. The van der Waals surface area contributed by atoms with Gasteiger partial charge in [0.2, 0.25) is 0 Å². The van der Waals surface area contributed by atoms with Crippen LogP contribution in [0.4, 0.5) is 10.5 Å². The Morgan fingerprint density at radius 2 is 1.84 bits per heavy atom. The summed E-state index contributed by atoms with van der Waals surface area (Å²) in [4.78, 5) is 23.5. The molecule has 2 aliphatic rings. The van der Waals surface area contributed by atoms with Crippen LogP contribution in [0, 0.1) is 5.92 Å². The summed E-state index contributed by atoms with van der Waals surface area (Å²) in [6.07, 6.45) is 9.14. The van der Waals surface area contributed by atoms with E-state index in [0.29, 0.717) is 5.92 Å². The van der Waals surface area contributed by atoms with E-state index in [1.165, 1.54) is 22.4 Å². The number of rotatable bonds is 2. The minimum atomic E-state index is -0.0574. The first-order valence-electron chi connectivity index (χ1n) is 10.9. The van der Waals surface area contributed by atoms with Crippen molar-refractivity contribution < 1.29 is 4.79 Å². The molecule has 6 heteroatoms. The largest absolute Gasteiger partial charge is 0.325 e. The fourth-order valence-corrected chi connectivity index (χ4v) is 5.20. The molecule has 1 aliphatic heterocycles. The predicted octanol–water partition coefficient (Wildman–Crippen LogP) is 5.30. The molecule has 1 fully saturated rings.